The van der Waals surface area contributed by atoms with Crippen LogP contribution < -0.4 is 10.2 Å². The van der Waals surface area contributed by atoms with E-state index in [1.807, 2.05) is 63.2 Å². The number of aryl methyl sites for hydroxylation is 2. The molecule has 1 aromatic heterocycles. The molecule has 0 radical (unpaired) electrons. The van der Waals surface area contributed by atoms with Gasteiger partial charge in [0.15, 0.2) is 0 Å². The summed E-state index contributed by atoms with van der Waals surface area (Å²) in [5.41, 5.74) is 5.67. The Hall–Kier alpha value is -4.26. The molecule has 1 aliphatic rings. The lowest BCUT2D eigenvalue weighted by atomic mass is 9.94. The number of benzene rings is 3. The van der Waals surface area contributed by atoms with E-state index < -0.39 is 6.04 Å². The fraction of sp³-hybridized carbons (Fsp3) is 0.148. The van der Waals surface area contributed by atoms with Crippen molar-refractivity contribution in [3.63, 3.8) is 0 Å². The molecule has 0 saturated carbocycles. The number of carbonyl (C=O) groups is 1. The summed E-state index contributed by atoms with van der Waals surface area (Å²) in [6.45, 7) is 5.84. The van der Waals surface area contributed by atoms with Crippen molar-refractivity contribution >= 4 is 17.3 Å². The molecule has 170 valence electrons. The van der Waals surface area contributed by atoms with Crippen molar-refractivity contribution in [1.82, 2.24) is 15.5 Å². The quantitative estimate of drug-likeness (QED) is 0.399. The summed E-state index contributed by atoms with van der Waals surface area (Å²) in [6.07, 6.45) is 0. The van der Waals surface area contributed by atoms with Crippen molar-refractivity contribution in [3.8, 4) is 11.4 Å². The van der Waals surface area contributed by atoms with Crippen LogP contribution in [0.2, 0.25) is 0 Å². The highest BCUT2D eigenvalue weighted by atomic mass is 19.1. The number of amides is 2. The predicted octanol–water partition coefficient (Wildman–Crippen LogP) is 6.19. The van der Waals surface area contributed by atoms with Gasteiger partial charge in [0.1, 0.15) is 5.82 Å². The lowest BCUT2D eigenvalue weighted by Gasteiger charge is -2.35. The molecule has 0 spiro atoms. The Labute approximate surface area is 196 Å². The van der Waals surface area contributed by atoms with Gasteiger partial charge in [-0.1, -0.05) is 53.7 Å². The summed E-state index contributed by atoms with van der Waals surface area (Å²) in [4.78, 5) is 19.6. The second kappa shape index (κ2) is 8.59. The number of urea groups is 1. The van der Waals surface area contributed by atoms with Crippen molar-refractivity contribution in [2.24, 2.45) is 0 Å². The van der Waals surface area contributed by atoms with Crippen LogP contribution in [0.25, 0.3) is 17.0 Å². The molecule has 1 unspecified atom stereocenters. The summed E-state index contributed by atoms with van der Waals surface area (Å²) in [5.74, 6) is 0.387. The normalized spacial score (nSPS) is 16.1. The molecule has 5 rings (SSSR count). The van der Waals surface area contributed by atoms with Crippen molar-refractivity contribution in [2.75, 3.05) is 4.90 Å². The van der Waals surface area contributed by atoms with Gasteiger partial charge in [-0.2, -0.15) is 4.98 Å². The van der Waals surface area contributed by atoms with Gasteiger partial charge >= 0.3 is 6.03 Å². The van der Waals surface area contributed by atoms with Gasteiger partial charge in [0.25, 0.3) is 5.89 Å². The van der Waals surface area contributed by atoms with Gasteiger partial charge in [0, 0.05) is 11.3 Å². The minimum Gasteiger partial charge on any atom is -0.334 e. The monoisotopic (exact) mass is 454 g/mol. The van der Waals surface area contributed by atoms with Gasteiger partial charge in [0.2, 0.25) is 5.82 Å². The zero-order chi connectivity index (χ0) is 23.8. The van der Waals surface area contributed by atoms with E-state index in [0.29, 0.717) is 28.5 Å². The molecule has 0 aliphatic carbocycles. The van der Waals surface area contributed by atoms with E-state index in [-0.39, 0.29) is 11.8 Å². The number of nitrogens with zero attached hydrogens (tertiary/aromatic N) is 3. The van der Waals surface area contributed by atoms with Gasteiger partial charge in [-0.15, -0.1) is 0 Å². The van der Waals surface area contributed by atoms with E-state index >= 15 is 0 Å². The third-order valence-electron chi connectivity index (χ3n) is 5.84. The highest BCUT2D eigenvalue weighted by molar-refractivity contribution is 6.01. The molecular weight excluding hydrogens is 431 g/mol. The van der Waals surface area contributed by atoms with Crippen LogP contribution in [0.3, 0.4) is 0 Å². The van der Waals surface area contributed by atoms with Crippen molar-refractivity contribution in [3.05, 3.63) is 107 Å². The van der Waals surface area contributed by atoms with Crippen LogP contribution in [0.1, 0.15) is 35.5 Å². The summed E-state index contributed by atoms with van der Waals surface area (Å²) >= 11 is 0. The van der Waals surface area contributed by atoms with Crippen LogP contribution in [0.4, 0.5) is 14.9 Å². The Morgan fingerprint density at radius 3 is 2.29 bits per heavy atom. The van der Waals surface area contributed by atoms with Gasteiger partial charge in [-0.25, -0.2) is 9.18 Å². The van der Waals surface area contributed by atoms with Gasteiger partial charge < -0.3 is 9.84 Å². The van der Waals surface area contributed by atoms with Crippen molar-refractivity contribution in [1.29, 1.82) is 0 Å². The Morgan fingerprint density at radius 2 is 1.62 bits per heavy atom. The van der Waals surface area contributed by atoms with Gasteiger partial charge in [-0.05, 0) is 61.7 Å². The average molecular weight is 455 g/mol. The highest BCUT2D eigenvalue weighted by Gasteiger charge is 2.36. The molecule has 2 amide bonds. The molecule has 0 fully saturated rings. The number of allylic oxidation sites excluding steroid dienone is 1. The van der Waals surface area contributed by atoms with Gasteiger partial charge in [0.05, 0.1) is 17.3 Å². The standard InChI is InChI=1S/C27H23FN4O2/c1-16-13-17(2)15-22(14-16)32-18(3)23(24(29-27(32)33)19-9-11-21(28)12-10-19)26-30-25(31-34-26)20-7-5-4-6-8-20/h4-15,24H,1-3H3,(H,29,33). The lowest BCUT2D eigenvalue weighted by molar-refractivity contribution is 0.244. The molecule has 7 heteroatoms. The first-order valence-corrected chi connectivity index (χ1v) is 11.0. The lowest BCUT2D eigenvalue weighted by Crippen LogP contribution is -2.46. The SMILES string of the molecule is CC1=C(c2nc(-c3ccccc3)no2)C(c2ccc(F)cc2)NC(=O)N1c1cc(C)cc(C)c1. The van der Waals surface area contributed by atoms with E-state index in [2.05, 4.69) is 21.5 Å². The molecule has 3 aromatic carbocycles. The zero-order valence-electron chi connectivity index (χ0n) is 19.0. The number of halogens is 1. The highest BCUT2D eigenvalue weighted by Crippen LogP contribution is 2.39. The maximum absolute atomic E-state index is 13.6. The van der Waals surface area contributed by atoms with E-state index in [0.717, 1.165) is 22.4 Å². The minimum atomic E-state index is -0.584. The molecule has 4 aromatic rings. The van der Waals surface area contributed by atoms with Crippen LogP contribution in [0.5, 0.6) is 0 Å². The molecule has 0 bridgehead atoms. The van der Waals surface area contributed by atoms with Crippen LogP contribution >= 0.6 is 0 Å². The van der Waals surface area contributed by atoms with Crippen LogP contribution in [0.15, 0.2) is 83.0 Å². The molecule has 6 nitrogen and oxygen atoms in total. The number of carbonyl (C=O) groups excluding carboxylic acids is 1. The second-order valence-corrected chi connectivity index (χ2v) is 8.40. The Kier molecular flexibility index (Phi) is 5.45. The summed E-state index contributed by atoms with van der Waals surface area (Å²) < 4.78 is 19.3. The topological polar surface area (TPSA) is 71.3 Å². The Balaban J connectivity index is 1.67. The molecule has 1 N–H and O–H groups in total. The first-order valence-electron chi connectivity index (χ1n) is 11.0. The number of hydrogen-bond acceptors (Lipinski definition) is 4. The third kappa shape index (κ3) is 3.96. The summed E-state index contributed by atoms with van der Waals surface area (Å²) in [7, 11) is 0. The van der Waals surface area contributed by atoms with Crippen LogP contribution in [-0.2, 0) is 0 Å². The van der Waals surface area contributed by atoms with Crippen LogP contribution in [0, 0.1) is 19.7 Å². The number of nitrogens with one attached hydrogen (secondary N) is 1. The van der Waals surface area contributed by atoms with Gasteiger partial charge in [-0.3, -0.25) is 4.90 Å². The van der Waals surface area contributed by atoms with Crippen molar-refractivity contribution < 1.29 is 13.7 Å². The molecule has 1 atom stereocenters. The van der Waals surface area contributed by atoms with E-state index in [1.165, 1.54) is 12.1 Å². The van der Waals surface area contributed by atoms with E-state index in [9.17, 15) is 9.18 Å². The molecule has 2 heterocycles. The smallest absolute Gasteiger partial charge is 0.326 e. The first kappa shape index (κ1) is 21.6. The van der Waals surface area contributed by atoms with E-state index in [1.54, 1.807) is 17.0 Å². The minimum absolute atomic E-state index is 0.289. The zero-order valence-corrected chi connectivity index (χ0v) is 19.0. The fourth-order valence-corrected chi connectivity index (χ4v) is 4.35. The predicted molar refractivity (Wildman–Crippen MR) is 128 cm³/mol. The number of anilines is 1. The number of hydrogen-bond donors (Lipinski definition) is 1. The van der Waals surface area contributed by atoms with E-state index in [4.69, 9.17) is 4.52 Å². The third-order valence-corrected chi connectivity index (χ3v) is 5.84. The summed E-state index contributed by atoms with van der Waals surface area (Å²) in [5, 5.41) is 7.22. The molecule has 1 aliphatic heterocycles. The molecule has 0 saturated heterocycles. The largest absolute Gasteiger partial charge is 0.334 e. The van der Waals surface area contributed by atoms with Crippen LogP contribution in [-0.4, -0.2) is 16.2 Å². The Bertz CT molecular complexity index is 1370. The van der Waals surface area contributed by atoms with Crippen molar-refractivity contribution in [2.45, 2.75) is 26.8 Å². The fourth-order valence-electron chi connectivity index (χ4n) is 4.35. The number of aromatic nitrogens is 2. The molecular formula is C27H23FN4O2. The average Bonchev–Trinajstić information content (AvgIpc) is 3.29. The first-order chi connectivity index (χ1) is 16.4. The summed E-state index contributed by atoms with van der Waals surface area (Å²) in [6, 6.07) is 20.6. The maximum atomic E-state index is 13.6. The maximum Gasteiger partial charge on any atom is 0.326 e. The number of rotatable bonds is 4. The molecule has 34 heavy (non-hydrogen) atoms. The Morgan fingerprint density at radius 1 is 0.941 bits per heavy atom. The second-order valence-electron chi connectivity index (χ2n) is 8.40.